The van der Waals surface area contributed by atoms with Gasteiger partial charge < -0.3 is 5.11 Å². The van der Waals surface area contributed by atoms with Crippen LogP contribution in [-0.4, -0.2) is 39.9 Å². The molecule has 128 valence electrons. The third-order valence-electron chi connectivity index (χ3n) is 3.15. The standard InChI is InChI=1S/C14H9FN4O4S2/c15-8-1-3-9(4-2-8)25(22,23)13-7-24-6-10(13)11(20)5-12(21)14-16-18-19-17-14/h1-7,21H,(H,16,17,18,19). The Morgan fingerprint density at radius 3 is 2.60 bits per heavy atom. The molecule has 0 aliphatic heterocycles. The average Bonchev–Trinajstić information content (AvgIpc) is 3.27. The fourth-order valence-corrected chi connectivity index (χ4v) is 4.59. The number of aromatic nitrogens is 4. The molecule has 0 radical (unpaired) electrons. The zero-order valence-corrected chi connectivity index (χ0v) is 13.9. The van der Waals surface area contributed by atoms with E-state index in [1.54, 1.807) is 0 Å². The summed E-state index contributed by atoms with van der Waals surface area (Å²) >= 11 is 1.01. The van der Waals surface area contributed by atoms with Gasteiger partial charge in [-0.1, -0.05) is 0 Å². The van der Waals surface area contributed by atoms with Crippen LogP contribution in [0.2, 0.25) is 0 Å². The zero-order valence-electron chi connectivity index (χ0n) is 12.2. The van der Waals surface area contributed by atoms with Gasteiger partial charge in [-0.15, -0.1) is 10.2 Å². The fraction of sp³-hybridized carbons (Fsp3) is 0. The molecule has 0 bridgehead atoms. The minimum Gasteiger partial charge on any atom is -0.504 e. The predicted octanol–water partition coefficient (Wildman–Crippen LogP) is 2.01. The van der Waals surface area contributed by atoms with E-state index in [2.05, 4.69) is 20.6 Å². The molecule has 0 unspecified atom stereocenters. The van der Waals surface area contributed by atoms with Gasteiger partial charge >= 0.3 is 0 Å². The molecule has 25 heavy (non-hydrogen) atoms. The van der Waals surface area contributed by atoms with Crippen LogP contribution in [0.1, 0.15) is 16.2 Å². The number of thiophene rings is 1. The molecule has 0 aliphatic rings. The van der Waals surface area contributed by atoms with Crippen molar-refractivity contribution in [1.29, 1.82) is 0 Å². The Bertz CT molecular complexity index is 1040. The van der Waals surface area contributed by atoms with E-state index in [4.69, 9.17) is 0 Å². The summed E-state index contributed by atoms with van der Waals surface area (Å²) in [5.74, 6) is -2.08. The highest BCUT2D eigenvalue weighted by Gasteiger charge is 2.25. The maximum atomic E-state index is 13.0. The monoisotopic (exact) mass is 380 g/mol. The van der Waals surface area contributed by atoms with Crippen LogP contribution in [-0.2, 0) is 9.84 Å². The Balaban J connectivity index is 1.99. The SMILES string of the molecule is O=C(C=C(O)c1nn[nH]n1)c1cscc1S(=O)(=O)c1ccc(F)cc1. The number of allylic oxidation sites excluding steroid dienone is 1. The van der Waals surface area contributed by atoms with Gasteiger partial charge in [0.05, 0.1) is 15.4 Å². The van der Waals surface area contributed by atoms with E-state index in [9.17, 15) is 22.7 Å². The lowest BCUT2D eigenvalue weighted by atomic mass is 10.2. The molecule has 0 saturated carbocycles. The first-order chi connectivity index (χ1) is 11.9. The molecule has 0 spiro atoms. The van der Waals surface area contributed by atoms with Gasteiger partial charge in [-0.05, 0) is 29.5 Å². The van der Waals surface area contributed by atoms with Crippen LogP contribution < -0.4 is 0 Å². The number of tetrazole rings is 1. The second-order valence-electron chi connectivity index (χ2n) is 4.74. The van der Waals surface area contributed by atoms with Crippen molar-refractivity contribution >= 4 is 32.7 Å². The molecule has 8 nitrogen and oxygen atoms in total. The number of nitrogens with zero attached hydrogens (tertiary/aromatic N) is 3. The van der Waals surface area contributed by atoms with E-state index >= 15 is 0 Å². The van der Waals surface area contributed by atoms with Crippen LogP contribution in [0.15, 0.2) is 50.9 Å². The van der Waals surface area contributed by atoms with Crippen LogP contribution in [0.5, 0.6) is 0 Å². The van der Waals surface area contributed by atoms with E-state index in [-0.39, 0.29) is 21.2 Å². The zero-order chi connectivity index (χ0) is 18.0. The summed E-state index contributed by atoms with van der Waals surface area (Å²) in [5, 5.41) is 24.8. The van der Waals surface area contributed by atoms with Crippen molar-refractivity contribution in [2.45, 2.75) is 9.79 Å². The van der Waals surface area contributed by atoms with Gasteiger partial charge in [0.25, 0.3) is 0 Å². The van der Waals surface area contributed by atoms with Crippen LogP contribution in [0.25, 0.3) is 5.76 Å². The highest BCUT2D eigenvalue weighted by molar-refractivity contribution is 7.91. The molecule has 11 heteroatoms. The number of hydrogen-bond acceptors (Lipinski definition) is 8. The number of halogens is 1. The number of carbonyl (C=O) groups is 1. The number of sulfone groups is 1. The Morgan fingerprint density at radius 2 is 1.96 bits per heavy atom. The quantitative estimate of drug-likeness (QED) is 0.300. The number of carbonyl (C=O) groups excluding carboxylic acids is 1. The minimum absolute atomic E-state index is 0.121. The Labute approximate surface area is 144 Å². The normalized spacial score (nSPS) is 12.3. The van der Waals surface area contributed by atoms with Crippen molar-refractivity contribution in [3.05, 3.63) is 58.3 Å². The first kappa shape index (κ1) is 16.9. The van der Waals surface area contributed by atoms with Gasteiger partial charge in [0.15, 0.2) is 11.5 Å². The van der Waals surface area contributed by atoms with Gasteiger partial charge in [0.1, 0.15) is 5.82 Å². The van der Waals surface area contributed by atoms with Crippen molar-refractivity contribution in [3.63, 3.8) is 0 Å². The fourth-order valence-electron chi connectivity index (χ4n) is 1.95. The van der Waals surface area contributed by atoms with E-state index in [0.717, 1.165) is 41.7 Å². The van der Waals surface area contributed by atoms with Gasteiger partial charge in [-0.2, -0.15) is 16.6 Å². The van der Waals surface area contributed by atoms with E-state index in [1.165, 1.54) is 10.8 Å². The first-order valence-electron chi connectivity index (χ1n) is 6.65. The minimum atomic E-state index is -4.02. The molecular weight excluding hydrogens is 371 g/mol. The van der Waals surface area contributed by atoms with Gasteiger partial charge in [0, 0.05) is 16.8 Å². The number of benzene rings is 1. The molecule has 3 aromatic rings. The van der Waals surface area contributed by atoms with Crippen molar-refractivity contribution in [2.75, 3.05) is 0 Å². The van der Waals surface area contributed by atoms with E-state index in [1.807, 2.05) is 0 Å². The molecule has 0 amide bonds. The van der Waals surface area contributed by atoms with Gasteiger partial charge in [-0.3, -0.25) is 4.79 Å². The second kappa shape index (κ2) is 6.53. The number of H-pyrrole nitrogens is 1. The molecule has 2 heterocycles. The number of aliphatic hydroxyl groups is 1. The van der Waals surface area contributed by atoms with Crippen molar-refractivity contribution in [3.8, 4) is 0 Å². The first-order valence-corrected chi connectivity index (χ1v) is 9.08. The van der Waals surface area contributed by atoms with Crippen molar-refractivity contribution in [2.24, 2.45) is 0 Å². The van der Waals surface area contributed by atoms with Crippen molar-refractivity contribution < 1.29 is 22.7 Å². The summed E-state index contributed by atoms with van der Waals surface area (Å²) in [5.41, 5.74) is -0.121. The van der Waals surface area contributed by atoms with Gasteiger partial charge in [-0.25, -0.2) is 12.8 Å². The number of rotatable bonds is 5. The molecule has 1 aromatic carbocycles. The Kier molecular flexibility index (Phi) is 4.42. The summed E-state index contributed by atoms with van der Waals surface area (Å²) in [6.45, 7) is 0. The molecule has 2 N–H and O–H groups in total. The number of hydrogen-bond donors (Lipinski definition) is 2. The lowest BCUT2D eigenvalue weighted by Gasteiger charge is -2.04. The average molecular weight is 380 g/mol. The van der Waals surface area contributed by atoms with E-state index < -0.39 is 27.2 Å². The summed E-state index contributed by atoms with van der Waals surface area (Å²) in [7, 11) is -4.02. The highest BCUT2D eigenvalue weighted by Crippen LogP contribution is 2.28. The van der Waals surface area contributed by atoms with Crippen LogP contribution in [0, 0.1) is 5.82 Å². The van der Waals surface area contributed by atoms with E-state index in [0.29, 0.717) is 0 Å². The summed E-state index contributed by atoms with van der Waals surface area (Å²) in [6, 6.07) is 4.26. The topological polar surface area (TPSA) is 126 Å². The van der Waals surface area contributed by atoms with Crippen molar-refractivity contribution in [1.82, 2.24) is 20.6 Å². The number of aromatic amines is 1. The molecule has 0 aliphatic carbocycles. The summed E-state index contributed by atoms with van der Waals surface area (Å²) in [6.07, 6.45) is 0.802. The lowest BCUT2D eigenvalue weighted by molar-refractivity contribution is 0.104. The highest BCUT2D eigenvalue weighted by atomic mass is 32.2. The number of ketones is 1. The molecule has 3 rings (SSSR count). The maximum Gasteiger partial charge on any atom is 0.239 e. The number of nitrogens with one attached hydrogen (secondary N) is 1. The van der Waals surface area contributed by atoms with Gasteiger partial charge in [0.2, 0.25) is 15.7 Å². The van der Waals surface area contributed by atoms with Crippen LogP contribution in [0.4, 0.5) is 4.39 Å². The molecular formula is C14H9FN4O4S2. The summed E-state index contributed by atoms with van der Waals surface area (Å²) in [4.78, 5) is 11.9. The molecule has 0 saturated heterocycles. The molecule has 0 fully saturated rings. The largest absolute Gasteiger partial charge is 0.504 e. The Hall–Kier alpha value is -2.92. The smallest absolute Gasteiger partial charge is 0.239 e. The second-order valence-corrected chi connectivity index (χ2v) is 7.40. The van der Waals surface area contributed by atoms with Crippen LogP contribution in [0.3, 0.4) is 0 Å². The third-order valence-corrected chi connectivity index (χ3v) is 5.85. The third kappa shape index (κ3) is 3.32. The van der Waals surface area contributed by atoms with Crippen LogP contribution >= 0.6 is 11.3 Å². The molecule has 0 atom stereocenters. The maximum absolute atomic E-state index is 13.0. The lowest BCUT2D eigenvalue weighted by Crippen LogP contribution is -2.07. The Morgan fingerprint density at radius 1 is 1.24 bits per heavy atom. The molecule has 2 aromatic heterocycles. The predicted molar refractivity (Wildman–Crippen MR) is 85.3 cm³/mol. The summed E-state index contributed by atoms with van der Waals surface area (Å²) < 4.78 is 38.3. The number of aliphatic hydroxyl groups excluding tert-OH is 1.